The highest BCUT2D eigenvalue weighted by molar-refractivity contribution is 7.80. The number of nitrogens with one attached hydrogen (secondary N) is 2. The Hall–Kier alpha value is -1.88. The van der Waals surface area contributed by atoms with Crippen LogP contribution in [0.4, 0.5) is 0 Å². The summed E-state index contributed by atoms with van der Waals surface area (Å²) in [7, 11) is 0. The van der Waals surface area contributed by atoms with Gasteiger partial charge in [0, 0.05) is 25.5 Å². The SMILES string of the molecule is CC(NC(=S)NCCCn1cccn1)c1ccccc1. The highest BCUT2D eigenvalue weighted by Crippen LogP contribution is 2.10. The monoisotopic (exact) mass is 288 g/mol. The minimum Gasteiger partial charge on any atom is -0.363 e. The van der Waals surface area contributed by atoms with Gasteiger partial charge in [0.25, 0.3) is 0 Å². The van der Waals surface area contributed by atoms with Crippen molar-refractivity contribution in [1.29, 1.82) is 0 Å². The molecule has 0 aliphatic heterocycles. The van der Waals surface area contributed by atoms with E-state index in [0.717, 1.165) is 19.5 Å². The summed E-state index contributed by atoms with van der Waals surface area (Å²) in [5, 5.41) is 11.4. The molecule has 0 spiro atoms. The molecule has 1 aromatic heterocycles. The predicted molar refractivity (Wildman–Crippen MR) is 85.4 cm³/mol. The number of hydrogen-bond acceptors (Lipinski definition) is 2. The van der Waals surface area contributed by atoms with Gasteiger partial charge in [0.05, 0.1) is 6.04 Å². The fourth-order valence-electron chi connectivity index (χ4n) is 1.95. The molecule has 1 unspecified atom stereocenters. The summed E-state index contributed by atoms with van der Waals surface area (Å²) in [5.41, 5.74) is 1.23. The number of thiocarbonyl (C=S) groups is 1. The van der Waals surface area contributed by atoms with Gasteiger partial charge in [0.2, 0.25) is 0 Å². The molecule has 20 heavy (non-hydrogen) atoms. The van der Waals surface area contributed by atoms with Crippen molar-refractivity contribution in [2.45, 2.75) is 25.9 Å². The van der Waals surface area contributed by atoms with Crippen LogP contribution in [0, 0.1) is 0 Å². The first-order chi connectivity index (χ1) is 9.75. The first-order valence-electron chi connectivity index (χ1n) is 6.82. The maximum atomic E-state index is 5.30. The third kappa shape index (κ3) is 4.66. The molecule has 2 aromatic rings. The first-order valence-corrected chi connectivity index (χ1v) is 7.23. The minimum absolute atomic E-state index is 0.210. The van der Waals surface area contributed by atoms with Gasteiger partial charge in [-0.2, -0.15) is 5.10 Å². The van der Waals surface area contributed by atoms with Crippen LogP contribution in [0.15, 0.2) is 48.8 Å². The van der Waals surface area contributed by atoms with Gasteiger partial charge in [0.1, 0.15) is 0 Å². The summed E-state index contributed by atoms with van der Waals surface area (Å²) < 4.78 is 1.92. The molecule has 0 amide bonds. The number of aromatic nitrogens is 2. The standard InChI is InChI=1S/C15H20N4S/c1-13(14-7-3-2-4-8-14)18-15(20)16-9-5-11-19-12-6-10-17-19/h2-4,6-8,10,12-13H,5,9,11H2,1H3,(H2,16,18,20). The number of aryl methyl sites for hydroxylation is 1. The van der Waals surface area contributed by atoms with Crippen molar-refractivity contribution in [2.24, 2.45) is 0 Å². The summed E-state index contributed by atoms with van der Waals surface area (Å²) in [6, 6.07) is 12.4. The molecule has 2 N–H and O–H groups in total. The van der Waals surface area contributed by atoms with Crippen LogP contribution >= 0.6 is 12.2 Å². The van der Waals surface area contributed by atoms with Crippen LogP contribution < -0.4 is 10.6 Å². The molecule has 5 heteroatoms. The lowest BCUT2D eigenvalue weighted by Crippen LogP contribution is -2.37. The summed E-state index contributed by atoms with van der Waals surface area (Å²) >= 11 is 5.30. The van der Waals surface area contributed by atoms with Gasteiger partial charge in [0.15, 0.2) is 5.11 Å². The van der Waals surface area contributed by atoms with Crippen LogP contribution in [0.3, 0.4) is 0 Å². The van der Waals surface area contributed by atoms with Crippen molar-refractivity contribution in [1.82, 2.24) is 20.4 Å². The van der Waals surface area contributed by atoms with Gasteiger partial charge in [-0.3, -0.25) is 4.68 Å². The van der Waals surface area contributed by atoms with Crippen molar-refractivity contribution in [2.75, 3.05) is 6.54 Å². The summed E-state index contributed by atoms with van der Waals surface area (Å²) in [6.07, 6.45) is 4.75. The number of nitrogens with zero attached hydrogens (tertiary/aromatic N) is 2. The van der Waals surface area contributed by atoms with Gasteiger partial charge in [-0.25, -0.2) is 0 Å². The molecule has 1 aromatic carbocycles. The van der Waals surface area contributed by atoms with Crippen molar-refractivity contribution in [3.8, 4) is 0 Å². The average molecular weight is 288 g/mol. The molecule has 0 saturated carbocycles. The Morgan fingerprint density at radius 1 is 1.30 bits per heavy atom. The maximum Gasteiger partial charge on any atom is 0.166 e. The van der Waals surface area contributed by atoms with Crippen LogP contribution in [0.1, 0.15) is 24.9 Å². The second-order valence-electron chi connectivity index (χ2n) is 4.66. The average Bonchev–Trinajstić information content (AvgIpc) is 2.98. The summed E-state index contributed by atoms with van der Waals surface area (Å²) in [5.74, 6) is 0. The zero-order chi connectivity index (χ0) is 14.2. The highest BCUT2D eigenvalue weighted by atomic mass is 32.1. The van der Waals surface area contributed by atoms with E-state index in [2.05, 4.69) is 34.8 Å². The number of rotatable bonds is 6. The smallest absolute Gasteiger partial charge is 0.166 e. The Morgan fingerprint density at radius 2 is 2.10 bits per heavy atom. The number of hydrogen-bond donors (Lipinski definition) is 2. The highest BCUT2D eigenvalue weighted by Gasteiger charge is 2.05. The lowest BCUT2D eigenvalue weighted by atomic mass is 10.1. The Bertz CT molecular complexity index is 510. The quantitative estimate of drug-likeness (QED) is 0.633. The molecule has 0 fully saturated rings. The molecule has 0 radical (unpaired) electrons. The fourth-order valence-corrected chi connectivity index (χ4v) is 2.23. The molecule has 0 saturated heterocycles. The third-order valence-electron chi connectivity index (χ3n) is 3.06. The van der Waals surface area contributed by atoms with Crippen LogP contribution in [-0.4, -0.2) is 21.4 Å². The molecule has 0 aliphatic carbocycles. The minimum atomic E-state index is 0.210. The topological polar surface area (TPSA) is 41.9 Å². The lowest BCUT2D eigenvalue weighted by molar-refractivity contribution is 0.569. The van der Waals surface area contributed by atoms with Crippen molar-refractivity contribution in [3.05, 3.63) is 54.4 Å². The molecule has 0 bridgehead atoms. The van der Waals surface area contributed by atoms with E-state index in [1.54, 1.807) is 6.20 Å². The number of benzene rings is 1. The van der Waals surface area contributed by atoms with E-state index in [1.165, 1.54) is 5.56 Å². The fraction of sp³-hybridized carbons (Fsp3) is 0.333. The second kappa shape index (κ2) is 7.65. The van der Waals surface area contributed by atoms with E-state index in [0.29, 0.717) is 5.11 Å². The molecule has 0 aliphatic rings. The molecule has 1 atom stereocenters. The van der Waals surface area contributed by atoms with E-state index in [4.69, 9.17) is 12.2 Å². The first kappa shape index (κ1) is 14.5. The summed E-state index contributed by atoms with van der Waals surface area (Å²) in [4.78, 5) is 0. The zero-order valence-corrected chi connectivity index (χ0v) is 12.4. The van der Waals surface area contributed by atoms with Gasteiger partial charge >= 0.3 is 0 Å². The van der Waals surface area contributed by atoms with E-state index in [-0.39, 0.29) is 6.04 Å². The Labute approximate surface area is 125 Å². The van der Waals surface area contributed by atoms with E-state index in [1.807, 2.05) is 35.1 Å². The molecule has 106 valence electrons. The molecule has 2 rings (SSSR count). The normalized spacial score (nSPS) is 11.8. The molecule has 1 heterocycles. The Balaban J connectivity index is 1.65. The largest absolute Gasteiger partial charge is 0.363 e. The Kier molecular flexibility index (Phi) is 5.55. The van der Waals surface area contributed by atoms with Crippen LogP contribution in [0.2, 0.25) is 0 Å². The van der Waals surface area contributed by atoms with Crippen LogP contribution in [0.5, 0.6) is 0 Å². The lowest BCUT2D eigenvalue weighted by Gasteiger charge is -2.17. The maximum absolute atomic E-state index is 5.30. The molecular weight excluding hydrogens is 268 g/mol. The van der Waals surface area contributed by atoms with Crippen molar-refractivity contribution >= 4 is 17.3 Å². The van der Waals surface area contributed by atoms with E-state index >= 15 is 0 Å². The van der Waals surface area contributed by atoms with Gasteiger partial charge in [-0.15, -0.1) is 0 Å². The van der Waals surface area contributed by atoms with Crippen molar-refractivity contribution in [3.63, 3.8) is 0 Å². The second-order valence-corrected chi connectivity index (χ2v) is 5.06. The molecule has 4 nitrogen and oxygen atoms in total. The zero-order valence-electron chi connectivity index (χ0n) is 11.6. The van der Waals surface area contributed by atoms with E-state index in [9.17, 15) is 0 Å². The predicted octanol–water partition coefficient (Wildman–Crippen LogP) is 2.50. The van der Waals surface area contributed by atoms with Gasteiger partial charge < -0.3 is 10.6 Å². The summed E-state index contributed by atoms with van der Waals surface area (Å²) in [6.45, 7) is 3.84. The van der Waals surface area contributed by atoms with Crippen molar-refractivity contribution < 1.29 is 0 Å². The Morgan fingerprint density at radius 3 is 2.80 bits per heavy atom. The van der Waals surface area contributed by atoms with Gasteiger partial charge in [-0.1, -0.05) is 30.3 Å². The van der Waals surface area contributed by atoms with Crippen LogP contribution in [-0.2, 0) is 6.54 Å². The third-order valence-corrected chi connectivity index (χ3v) is 3.32. The van der Waals surface area contributed by atoms with Gasteiger partial charge in [-0.05, 0) is 37.2 Å². The molecular formula is C15H20N4S. The van der Waals surface area contributed by atoms with E-state index < -0.39 is 0 Å². The van der Waals surface area contributed by atoms with Crippen LogP contribution in [0.25, 0.3) is 0 Å².